The van der Waals surface area contributed by atoms with Gasteiger partial charge < -0.3 is 24.3 Å². The van der Waals surface area contributed by atoms with Crippen LogP contribution in [-0.2, 0) is 11.3 Å². The molecule has 2 N–H and O–H groups in total. The van der Waals surface area contributed by atoms with Gasteiger partial charge in [-0.1, -0.05) is 0 Å². The molecule has 144 valence electrons. The van der Waals surface area contributed by atoms with Gasteiger partial charge in [0.1, 0.15) is 18.1 Å². The van der Waals surface area contributed by atoms with Crippen LogP contribution in [0, 0.1) is 5.82 Å². The van der Waals surface area contributed by atoms with Crippen LogP contribution >= 0.6 is 0 Å². The first kappa shape index (κ1) is 18.9. The number of nitrogens with one attached hydrogen (secondary N) is 2. The van der Waals surface area contributed by atoms with Crippen LogP contribution < -0.4 is 15.0 Å². The number of benzene rings is 1. The highest BCUT2D eigenvalue weighted by Crippen LogP contribution is 2.18. The number of carbonyl (C=O) groups excluding carboxylic acids is 2. The second kappa shape index (κ2) is 8.68. The van der Waals surface area contributed by atoms with Crippen molar-refractivity contribution in [3.63, 3.8) is 0 Å². The van der Waals surface area contributed by atoms with Gasteiger partial charge in [0, 0.05) is 0 Å². The van der Waals surface area contributed by atoms with Crippen LogP contribution in [-0.4, -0.2) is 56.5 Å². The van der Waals surface area contributed by atoms with Crippen molar-refractivity contribution < 1.29 is 28.0 Å². The number of hydrogen-bond donors (Lipinski definition) is 2. The molecule has 3 rings (SSSR count). The molecular formula is C19H23FN3O4+. The number of piperazine rings is 1. The maximum Gasteiger partial charge on any atom is 0.287 e. The van der Waals surface area contributed by atoms with E-state index in [1.54, 1.807) is 30.2 Å². The highest BCUT2D eigenvalue weighted by Gasteiger charge is 2.25. The third kappa shape index (κ3) is 4.85. The third-order valence-corrected chi connectivity index (χ3v) is 4.65. The lowest BCUT2D eigenvalue weighted by atomic mass is 10.1. The van der Waals surface area contributed by atoms with Crippen molar-refractivity contribution in [1.82, 2.24) is 10.2 Å². The number of hydrogen-bond acceptors (Lipinski definition) is 4. The molecule has 0 spiro atoms. The normalized spacial score (nSPS) is 14.8. The molecular weight excluding hydrogens is 353 g/mol. The molecule has 27 heavy (non-hydrogen) atoms. The predicted octanol–water partition coefficient (Wildman–Crippen LogP) is 0.0844. The lowest BCUT2D eigenvalue weighted by molar-refractivity contribution is -0.917. The largest absolute Gasteiger partial charge is 0.496 e. The molecule has 2 amide bonds. The molecule has 1 aliphatic rings. The number of nitrogens with zero attached hydrogens (tertiary/aromatic N) is 1. The van der Waals surface area contributed by atoms with E-state index in [0.29, 0.717) is 25.4 Å². The molecule has 1 saturated heterocycles. The highest BCUT2D eigenvalue weighted by atomic mass is 19.1. The topological polar surface area (TPSA) is 76.2 Å². The molecule has 0 atom stereocenters. The molecule has 0 saturated carbocycles. The lowest BCUT2D eigenvalue weighted by Gasteiger charge is -2.32. The van der Waals surface area contributed by atoms with Crippen molar-refractivity contribution in [3.8, 4) is 5.75 Å². The van der Waals surface area contributed by atoms with E-state index in [2.05, 4.69) is 5.32 Å². The van der Waals surface area contributed by atoms with Crippen molar-refractivity contribution in [3.05, 3.63) is 53.7 Å². The fourth-order valence-corrected chi connectivity index (χ4v) is 3.17. The summed E-state index contributed by atoms with van der Waals surface area (Å²) in [7, 11) is 1.57. The van der Waals surface area contributed by atoms with Crippen LogP contribution in [0.25, 0.3) is 0 Å². The fourth-order valence-electron chi connectivity index (χ4n) is 3.17. The minimum absolute atomic E-state index is 0.0629. The van der Waals surface area contributed by atoms with Crippen molar-refractivity contribution in [2.75, 3.05) is 39.8 Å². The van der Waals surface area contributed by atoms with Crippen molar-refractivity contribution >= 4 is 11.8 Å². The Morgan fingerprint density at radius 3 is 2.74 bits per heavy atom. The first-order chi connectivity index (χ1) is 13.1. The standard InChI is InChI=1S/C19H22FN3O4/c1-26-16-5-4-15(20)11-14(16)13-22-6-8-23(9-7-22)18(24)12-21-19(25)17-3-2-10-27-17/h2-5,10-11H,6-9,12-13H2,1H3,(H,21,25)/p+1. The Bertz CT molecular complexity index is 786. The molecule has 1 aliphatic heterocycles. The Kier molecular flexibility index (Phi) is 6.08. The minimum atomic E-state index is -0.407. The zero-order valence-electron chi connectivity index (χ0n) is 15.2. The summed E-state index contributed by atoms with van der Waals surface area (Å²) in [6, 6.07) is 7.67. The summed E-state index contributed by atoms with van der Waals surface area (Å²) in [6.45, 7) is 3.24. The van der Waals surface area contributed by atoms with Crippen LogP contribution in [0.4, 0.5) is 4.39 Å². The third-order valence-electron chi connectivity index (χ3n) is 4.65. The monoisotopic (exact) mass is 376 g/mol. The molecule has 1 aromatic carbocycles. The molecule has 2 aromatic rings. The summed E-state index contributed by atoms with van der Waals surface area (Å²) in [5, 5.41) is 2.57. The molecule has 0 aliphatic carbocycles. The zero-order chi connectivity index (χ0) is 19.2. The van der Waals surface area contributed by atoms with Gasteiger partial charge in [-0.25, -0.2) is 4.39 Å². The van der Waals surface area contributed by atoms with E-state index < -0.39 is 5.91 Å². The second-order valence-corrected chi connectivity index (χ2v) is 6.42. The Morgan fingerprint density at radius 2 is 2.07 bits per heavy atom. The van der Waals surface area contributed by atoms with Crippen LogP contribution in [0.1, 0.15) is 16.1 Å². The summed E-state index contributed by atoms with van der Waals surface area (Å²) >= 11 is 0. The van der Waals surface area contributed by atoms with E-state index >= 15 is 0 Å². The second-order valence-electron chi connectivity index (χ2n) is 6.42. The average Bonchev–Trinajstić information content (AvgIpc) is 3.21. The number of amides is 2. The molecule has 0 bridgehead atoms. The van der Waals surface area contributed by atoms with Gasteiger partial charge in [0.2, 0.25) is 5.91 Å². The van der Waals surface area contributed by atoms with Crippen LogP contribution in [0.2, 0.25) is 0 Å². The summed E-state index contributed by atoms with van der Waals surface area (Å²) in [5.74, 6) is 0.0311. The smallest absolute Gasteiger partial charge is 0.287 e. The van der Waals surface area contributed by atoms with E-state index in [1.807, 2.05) is 0 Å². The molecule has 0 radical (unpaired) electrons. The molecule has 2 heterocycles. The minimum Gasteiger partial charge on any atom is -0.496 e. The molecule has 8 heteroatoms. The molecule has 1 fully saturated rings. The van der Waals surface area contributed by atoms with Crippen molar-refractivity contribution in [2.45, 2.75) is 6.54 Å². The zero-order valence-corrected chi connectivity index (χ0v) is 15.2. The van der Waals surface area contributed by atoms with E-state index in [1.165, 1.54) is 23.3 Å². The Hall–Kier alpha value is -2.87. The number of furan rings is 1. The summed E-state index contributed by atoms with van der Waals surface area (Å²) < 4.78 is 23.8. The average molecular weight is 376 g/mol. The quantitative estimate of drug-likeness (QED) is 0.749. The number of halogens is 1. The first-order valence-electron chi connectivity index (χ1n) is 8.82. The van der Waals surface area contributed by atoms with E-state index in [9.17, 15) is 14.0 Å². The first-order valence-corrected chi connectivity index (χ1v) is 8.82. The maximum atomic E-state index is 13.5. The van der Waals surface area contributed by atoms with Gasteiger partial charge in [-0.2, -0.15) is 0 Å². The van der Waals surface area contributed by atoms with Gasteiger partial charge in [0.05, 0.1) is 51.7 Å². The van der Waals surface area contributed by atoms with Gasteiger partial charge in [0.15, 0.2) is 5.76 Å². The van der Waals surface area contributed by atoms with E-state index in [-0.39, 0.29) is 24.0 Å². The number of quaternary nitrogens is 1. The van der Waals surface area contributed by atoms with Crippen LogP contribution in [0.15, 0.2) is 41.0 Å². The van der Waals surface area contributed by atoms with Crippen molar-refractivity contribution in [2.24, 2.45) is 0 Å². The highest BCUT2D eigenvalue weighted by molar-refractivity contribution is 5.94. The Balaban J connectivity index is 1.46. The SMILES string of the molecule is COc1ccc(F)cc1C[NH+]1CCN(C(=O)CNC(=O)c2ccco2)CC1. The summed E-state index contributed by atoms with van der Waals surface area (Å²) in [4.78, 5) is 27.1. The van der Waals surface area contributed by atoms with E-state index in [0.717, 1.165) is 18.7 Å². The Labute approximate surface area is 156 Å². The van der Waals surface area contributed by atoms with Gasteiger partial charge >= 0.3 is 0 Å². The van der Waals surface area contributed by atoms with Crippen LogP contribution in [0.5, 0.6) is 5.75 Å². The molecule has 7 nitrogen and oxygen atoms in total. The summed E-state index contributed by atoms with van der Waals surface area (Å²) in [6.07, 6.45) is 1.41. The fraction of sp³-hybridized carbons (Fsp3) is 0.368. The van der Waals surface area contributed by atoms with Gasteiger partial charge in [0.25, 0.3) is 5.91 Å². The van der Waals surface area contributed by atoms with E-state index in [4.69, 9.17) is 9.15 Å². The molecule has 0 unspecified atom stereocenters. The summed E-state index contributed by atoms with van der Waals surface area (Å²) in [5.41, 5.74) is 0.818. The van der Waals surface area contributed by atoms with Crippen LogP contribution in [0.3, 0.4) is 0 Å². The number of methoxy groups -OCH3 is 1. The van der Waals surface area contributed by atoms with Crippen molar-refractivity contribution in [1.29, 1.82) is 0 Å². The predicted molar refractivity (Wildman–Crippen MR) is 95.0 cm³/mol. The number of carbonyl (C=O) groups is 2. The number of ether oxygens (including phenoxy) is 1. The Morgan fingerprint density at radius 1 is 1.30 bits per heavy atom. The maximum absolute atomic E-state index is 13.5. The van der Waals surface area contributed by atoms with Gasteiger partial charge in [-0.15, -0.1) is 0 Å². The number of rotatable bonds is 6. The van der Waals surface area contributed by atoms with Gasteiger partial charge in [-0.3, -0.25) is 9.59 Å². The lowest BCUT2D eigenvalue weighted by Crippen LogP contribution is -3.13. The molecule has 1 aromatic heterocycles. The van der Waals surface area contributed by atoms with Gasteiger partial charge in [-0.05, 0) is 30.3 Å².